The predicted molar refractivity (Wildman–Crippen MR) is 153 cm³/mol. The highest BCUT2D eigenvalue weighted by molar-refractivity contribution is 6.31. The molecular formula is C29H26ClF3N8O2. The lowest BCUT2D eigenvalue weighted by Gasteiger charge is -2.25. The average Bonchev–Trinajstić information content (AvgIpc) is 3.52. The van der Waals surface area contributed by atoms with E-state index in [1.165, 1.54) is 6.20 Å². The minimum atomic E-state index is -3.00. The number of hydrogen-bond donors (Lipinski definition) is 2. The van der Waals surface area contributed by atoms with E-state index in [2.05, 4.69) is 25.4 Å². The summed E-state index contributed by atoms with van der Waals surface area (Å²) >= 11 is 5.81. The Bertz CT molecular complexity index is 1760. The van der Waals surface area contributed by atoms with Crippen molar-refractivity contribution in [1.29, 1.82) is 0 Å². The molecule has 10 nitrogen and oxygen atoms in total. The Balaban J connectivity index is 1.20. The molecule has 0 radical (unpaired) electrons. The Morgan fingerprint density at radius 2 is 1.98 bits per heavy atom. The van der Waals surface area contributed by atoms with Gasteiger partial charge in [0.2, 0.25) is 5.91 Å². The largest absolute Gasteiger partial charge is 0.397 e. The summed E-state index contributed by atoms with van der Waals surface area (Å²) in [7, 11) is 0. The summed E-state index contributed by atoms with van der Waals surface area (Å²) in [6.07, 6.45) is 5.82. The number of fused-ring (bicyclic) bond motifs is 1. The maximum Gasteiger partial charge on any atom is 0.275 e. The molecule has 0 bridgehead atoms. The van der Waals surface area contributed by atoms with Crippen LogP contribution in [0.2, 0.25) is 5.02 Å². The molecular weight excluding hydrogens is 585 g/mol. The molecule has 14 heteroatoms. The van der Waals surface area contributed by atoms with E-state index in [0.717, 1.165) is 42.9 Å². The van der Waals surface area contributed by atoms with E-state index in [1.807, 2.05) is 13.8 Å². The monoisotopic (exact) mass is 610 g/mol. The minimum Gasteiger partial charge on any atom is -0.397 e. The quantitative estimate of drug-likeness (QED) is 0.279. The molecule has 1 unspecified atom stereocenters. The van der Waals surface area contributed by atoms with E-state index < -0.39 is 35.3 Å². The molecule has 1 aromatic carbocycles. The average molecular weight is 611 g/mol. The topological polar surface area (TPSA) is 132 Å². The highest BCUT2D eigenvalue weighted by atomic mass is 35.5. The summed E-state index contributed by atoms with van der Waals surface area (Å²) in [4.78, 5) is 40.1. The summed E-state index contributed by atoms with van der Waals surface area (Å²) in [5, 5.41) is 6.59. The maximum absolute atomic E-state index is 14.7. The number of nitrogen functional groups attached to an aromatic ring is 1. The zero-order chi connectivity index (χ0) is 30.6. The first-order chi connectivity index (χ1) is 20.5. The van der Waals surface area contributed by atoms with Crippen LogP contribution in [0.15, 0.2) is 43.1 Å². The van der Waals surface area contributed by atoms with Crippen molar-refractivity contribution in [3.8, 4) is 11.3 Å². The van der Waals surface area contributed by atoms with Gasteiger partial charge in [0.1, 0.15) is 5.69 Å². The third-order valence-corrected chi connectivity index (χ3v) is 8.53. The molecule has 1 saturated carbocycles. The fourth-order valence-electron chi connectivity index (χ4n) is 5.62. The molecule has 1 saturated heterocycles. The summed E-state index contributed by atoms with van der Waals surface area (Å²) in [5.74, 6) is -1.19. The number of aromatic nitrogens is 5. The van der Waals surface area contributed by atoms with Crippen molar-refractivity contribution in [3.63, 3.8) is 0 Å². The van der Waals surface area contributed by atoms with Crippen LogP contribution in [0.1, 0.15) is 59.5 Å². The normalized spacial score (nSPS) is 18.5. The van der Waals surface area contributed by atoms with E-state index >= 15 is 0 Å². The number of hydrogen-bond acceptors (Lipinski definition) is 7. The number of halogens is 4. The van der Waals surface area contributed by atoms with Crippen molar-refractivity contribution in [2.45, 2.75) is 39.2 Å². The number of rotatable bonds is 7. The molecule has 2 amide bonds. The number of carbonyl (C=O) groups excluding carboxylic acids is 2. The van der Waals surface area contributed by atoms with Crippen LogP contribution in [0.5, 0.6) is 0 Å². The van der Waals surface area contributed by atoms with Gasteiger partial charge < -0.3 is 16.0 Å². The third kappa shape index (κ3) is 4.97. The maximum atomic E-state index is 14.7. The predicted octanol–water partition coefficient (Wildman–Crippen LogP) is 5.59. The molecule has 0 spiro atoms. The Morgan fingerprint density at radius 1 is 1.19 bits per heavy atom. The van der Waals surface area contributed by atoms with Gasteiger partial charge in [-0.15, -0.1) is 0 Å². The lowest BCUT2D eigenvalue weighted by molar-refractivity contribution is -0.123. The van der Waals surface area contributed by atoms with E-state index in [0.29, 0.717) is 35.2 Å². The number of benzene rings is 1. The van der Waals surface area contributed by atoms with Gasteiger partial charge in [0.25, 0.3) is 12.3 Å². The van der Waals surface area contributed by atoms with Gasteiger partial charge in [0.15, 0.2) is 5.82 Å². The summed E-state index contributed by atoms with van der Waals surface area (Å²) in [5.41, 5.74) is 7.60. The first-order valence-corrected chi connectivity index (χ1v) is 13.9. The molecule has 4 aromatic rings. The Hall–Kier alpha value is -4.52. The van der Waals surface area contributed by atoms with Gasteiger partial charge in [-0.05, 0) is 44.2 Å². The minimum absolute atomic E-state index is 0.0958. The SMILES string of the molecule is Cc1c(N2C[C@H]3CC[C@H]3C2=O)cnc(C(C)n2cc(NC(=O)c3cncc(-c4c(C(F)F)ccc(Cl)c4F)n3)cn2)c1N. The zero-order valence-corrected chi connectivity index (χ0v) is 23.8. The molecule has 4 heterocycles. The van der Waals surface area contributed by atoms with Crippen LogP contribution < -0.4 is 16.0 Å². The number of carbonyl (C=O) groups is 2. The number of alkyl halides is 2. The van der Waals surface area contributed by atoms with E-state index in [9.17, 15) is 22.8 Å². The van der Waals surface area contributed by atoms with E-state index in [1.54, 1.807) is 22.0 Å². The van der Waals surface area contributed by atoms with E-state index in [4.69, 9.17) is 17.3 Å². The summed E-state index contributed by atoms with van der Waals surface area (Å²) < 4.78 is 43.4. The molecule has 222 valence electrons. The Morgan fingerprint density at radius 3 is 2.65 bits per heavy atom. The molecule has 1 aliphatic carbocycles. The van der Waals surface area contributed by atoms with Crippen LogP contribution in [-0.2, 0) is 4.79 Å². The number of nitrogens with one attached hydrogen (secondary N) is 1. The molecule has 3 aromatic heterocycles. The number of anilines is 3. The van der Waals surface area contributed by atoms with Gasteiger partial charge in [0, 0.05) is 29.8 Å². The van der Waals surface area contributed by atoms with Crippen LogP contribution in [-0.4, -0.2) is 43.1 Å². The molecule has 6 rings (SSSR count). The molecule has 2 fully saturated rings. The molecule has 3 N–H and O–H groups in total. The van der Waals surface area contributed by atoms with Crippen LogP contribution in [0, 0.1) is 24.6 Å². The van der Waals surface area contributed by atoms with Gasteiger partial charge in [-0.3, -0.25) is 24.2 Å². The molecule has 43 heavy (non-hydrogen) atoms. The lowest BCUT2D eigenvalue weighted by atomic mass is 9.76. The molecule has 2 aliphatic rings. The number of nitrogens with zero attached hydrogens (tertiary/aromatic N) is 6. The van der Waals surface area contributed by atoms with Gasteiger partial charge >= 0.3 is 0 Å². The lowest BCUT2D eigenvalue weighted by Crippen LogP contribution is -2.29. The van der Waals surface area contributed by atoms with Crippen molar-refractivity contribution in [1.82, 2.24) is 24.7 Å². The summed E-state index contributed by atoms with van der Waals surface area (Å²) in [6.45, 7) is 4.38. The number of pyridine rings is 1. The smallest absolute Gasteiger partial charge is 0.275 e. The second-order valence-electron chi connectivity index (χ2n) is 10.7. The Labute approximate surface area is 249 Å². The van der Waals surface area contributed by atoms with Crippen LogP contribution in [0.3, 0.4) is 0 Å². The molecule has 3 atom stereocenters. The second kappa shape index (κ2) is 11.0. The van der Waals surface area contributed by atoms with Crippen molar-refractivity contribution >= 4 is 40.5 Å². The van der Waals surface area contributed by atoms with Crippen molar-refractivity contribution < 1.29 is 22.8 Å². The third-order valence-electron chi connectivity index (χ3n) is 8.24. The zero-order valence-electron chi connectivity index (χ0n) is 23.1. The molecule has 1 aliphatic heterocycles. The highest BCUT2D eigenvalue weighted by Crippen LogP contribution is 2.44. The van der Waals surface area contributed by atoms with Gasteiger partial charge in [-0.25, -0.2) is 18.2 Å². The van der Waals surface area contributed by atoms with Crippen molar-refractivity contribution in [3.05, 3.63) is 76.5 Å². The van der Waals surface area contributed by atoms with Gasteiger partial charge in [0.05, 0.1) is 64.3 Å². The highest BCUT2D eigenvalue weighted by Gasteiger charge is 2.47. The second-order valence-corrected chi connectivity index (χ2v) is 11.1. The summed E-state index contributed by atoms with van der Waals surface area (Å²) in [6, 6.07) is 1.60. The van der Waals surface area contributed by atoms with Crippen LogP contribution in [0.25, 0.3) is 11.3 Å². The van der Waals surface area contributed by atoms with Gasteiger partial charge in [-0.2, -0.15) is 5.10 Å². The van der Waals surface area contributed by atoms with Crippen LogP contribution >= 0.6 is 11.6 Å². The first kappa shape index (κ1) is 28.6. The van der Waals surface area contributed by atoms with Gasteiger partial charge in [-0.1, -0.05) is 17.7 Å². The fourth-order valence-corrected chi connectivity index (χ4v) is 5.78. The first-order valence-electron chi connectivity index (χ1n) is 13.6. The number of amides is 2. The van der Waals surface area contributed by atoms with Crippen molar-refractivity contribution in [2.24, 2.45) is 11.8 Å². The van der Waals surface area contributed by atoms with Crippen LogP contribution in [0.4, 0.5) is 30.2 Å². The van der Waals surface area contributed by atoms with Crippen molar-refractivity contribution in [2.75, 3.05) is 22.5 Å². The fraction of sp³-hybridized carbons (Fsp3) is 0.310. The number of nitrogens with two attached hydrogens (primary N) is 1. The Kier molecular flexibility index (Phi) is 7.28. The van der Waals surface area contributed by atoms with E-state index in [-0.39, 0.29) is 28.2 Å². The standard InChI is InChI=1S/C29H26ClF3N8O2/c1-13-22(40-11-15-3-4-17(15)29(40)43)10-36-26(25(13)34)14(2)41-12-16(7-37-41)38-28(42)21-9-35-8-20(39-21)23-18(27(32)33)5-6-19(30)24(23)31/h5-10,12,14-15,17,27H,3-4,11,34H2,1-2H3,(H,38,42)/t14?,15-,17-/m1/s1.